The molecule has 3 rings (SSSR count). The van der Waals surface area contributed by atoms with Crippen molar-refractivity contribution in [3.05, 3.63) is 95.3 Å². The van der Waals surface area contributed by atoms with Gasteiger partial charge in [0.05, 0.1) is 7.11 Å². The second-order valence-electron chi connectivity index (χ2n) is 7.54. The van der Waals surface area contributed by atoms with Gasteiger partial charge < -0.3 is 10.1 Å². The standard InChI is InChI=1S/C25H26F3N3O2/c1-29-24(32)23(18-6-4-3-5-7-18)31-21(14-10-17-8-12-20(33-2)13-9-17)19-11-15-22(30-16-19)25(26,27)28/h3-9,11-13,15-16,21,23,31H,10,14H2,1-2H3,(H,29,32)/t21-,23+/m0/s1. The molecular formula is C25H26F3N3O2. The van der Waals surface area contributed by atoms with Gasteiger partial charge >= 0.3 is 6.18 Å². The Morgan fingerprint density at radius 1 is 1.00 bits per heavy atom. The molecule has 0 aliphatic heterocycles. The van der Waals surface area contributed by atoms with Gasteiger partial charge in [-0.3, -0.25) is 15.1 Å². The van der Waals surface area contributed by atoms with Crippen LogP contribution in [0, 0.1) is 0 Å². The zero-order chi connectivity index (χ0) is 23.8. The molecule has 0 saturated carbocycles. The van der Waals surface area contributed by atoms with E-state index in [1.807, 2.05) is 54.6 Å². The maximum absolute atomic E-state index is 13.0. The smallest absolute Gasteiger partial charge is 0.433 e. The quantitative estimate of drug-likeness (QED) is 0.482. The van der Waals surface area contributed by atoms with Crippen molar-refractivity contribution in [3.8, 4) is 5.75 Å². The Morgan fingerprint density at radius 3 is 2.24 bits per heavy atom. The number of pyridine rings is 1. The monoisotopic (exact) mass is 457 g/mol. The number of carbonyl (C=O) groups excluding carboxylic acids is 1. The van der Waals surface area contributed by atoms with Crippen molar-refractivity contribution in [1.82, 2.24) is 15.6 Å². The summed E-state index contributed by atoms with van der Waals surface area (Å²) in [6, 6.07) is 18.1. The molecule has 0 bridgehead atoms. The molecule has 2 N–H and O–H groups in total. The lowest BCUT2D eigenvalue weighted by Crippen LogP contribution is -2.38. The van der Waals surface area contributed by atoms with Crippen molar-refractivity contribution in [3.63, 3.8) is 0 Å². The summed E-state index contributed by atoms with van der Waals surface area (Å²) in [5.41, 5.74) is 1.41. The van der Waals surface area contributed by atoms with Gasteiger partial charge in [-0.1, -0.05) is 48.5 Å². The Hall–Kier alpha value is -3.39. The molecule has 8 heteroatoms. The van der Waals surface area contributed by atoms with E-state index < -0.39 is 24.0 Å². The molecule has 2 aromatic carbocycles. The van der Waals surface area contributed by atoms with Crippen LogP contribution in [0.2, 0.25) is 0 Å². The SMILES string of the molecule is CNC(=O)[C@H](N[C@@H](CCc1ccc(OC)cc1)c1ccc(C(F)(F)F)nc1)c1ccccc1. The number of methoxy groups -OCH3 is 1. The van der Waals surface area contributed by atoms with Crippen LogP contribution < -0.4 is 15.4 Å². The number of aryl methyl sites for hydroxylation is 1. The molecular weight excluding hydrogens is 431 g/mol. The highest BCUT2D eigenvalue weighted by molar-refractivity contribution is 5.83. The predicted octanol–water partition coefficient (Wildman–Crippen LogP) is 4.86. The first-order valence-corrected chi connectivity index (χ1v) is 10.5. The molecule has 174 valence electrons. The van der Waals surface area contributed by atoms with Gasteiger partial charge in [0.15, 0.2) is 0 Å². The number of halogens is 3. The Balaban J connectivity index is 1.88. The number of hydrogen-bond acceptors (Lipinski definition) is 4. The number of nitrogens with one attached hydrogen (secondary N) is 2. The van der Waals surface area contributed by atoms with Crippen LogP contribution in [-0.4, -0.2) is 25.0 Å². The van der Waals surface area contributed by atoms with Gasteiger partial charge in [0.1, 0.15) is 17.5 Å². The number of benzene rings is 2. The number of alkyl halides is 3. The van der Waals surface area contributed by atoms with E-state index in [1.165, 1.54) is 12.3 Å². The van der Waals surface area contributed by atoms with E-state index in [-0.39, 0.29) is 5.91 Å². The van der Waals surface area contributed by atoms with Gasteiger partial charge in [0.25, 0.3) is 0 Å². The van der Waals surface area contributed by atoms with E-state index in [4.69, 9.17) is 4.74 Å². The lowest BCUT2D eigenvalue weighted by atomic mass is 9.97. The lowest BCUT2D eigenvalue weighted by molar-refractivity contribution is -0.141. The van der Waals surface area contributed by atoms with E-state index in [2.05, 4.69) is 15.6 Å². The molecule has 1 heterocycles. The first-order chi connectivity index (χ1) is 15.8. The fourth-order valence-electron chi connectivity index (χ4n) is 3.54. The van der Waals surface area contributed by atoms with Crippen molar-refractivity contribution >= 4 is 5.91 Å². The fraction of sp³-hybridized carbons (Fsp3) is 0.280. The summed E-state index contributed by atoms with van der Waals surface area (Å²) in [4.78, 5) is 16.3. The topological polar surface area (TPSA) is 63.2 Å². The summed E-state index contributed by atoms with van der Waals surface area (Å²) in [5, 5.41) is 5.99. The molecule has 0 aliphatic rings. The molecule has 1 aromatic heterocycles. The van der Waals surface area contributed by atoms with Gasteiger partial charge in [0, 0.05) is 19.3 Å². The van der Waals surface area contributed by atoms with Crippen LogP contribution in [0.25, 0.3) is 0 Å². The maximum Gasteiger partial charge on any atom is 0.433 e. The number of hydrogen-bond donors (Lipinski definition) is 2. The summed E-state index contributed by atoms with van der Waals surface area (Å²) in [6.07, 6.45) is -2.11. The van der Waals surface area contributed by atoms with Gasteiger partial charge in [-0.25, -0.2) is 0 Å². The third kappa shape index (κ3) is 6.55. The zero-order valence-corrected chi connectivity index (χ0v) is 18.4. The van der Waals surface area contributed by atoms with Crippen LogP contribution in [0.1, 0.15) is 40.9 Å². The van der Waals surface area contributed by atoms with Crippen LogP contribution in [0.3, 0.4) is 0 Å². The van der Waals surface area contributed by atoms with Crippen molar-refractivity contribution < 1.29 is 22.7 Å². The van der Waals surface area contributed by atoms with Crippen LogP contribution in [0.5, 0.6) is 5.75 Å². The van der Waals surface area contributed by atoms with Gasteiger partial charge in [0.2, 0.25) is 5.91 Å². The van der Waals surface area contributed by atoms with E-state index in [1.54, 1.807) is 14.2 Å². The second-order valence-corrected chi connectivity index (χ2v) is 7.54. The number of rotatable bonds is 9. The molecule has 0 fully saturated rings. The third-order valence-electron chi connectivity index (χ3n) is 5.37. The normalized spacial score (nSPS) is 13.2. The van der Waals surface area contributed by atoms with Crippen LogP contribution in [-0.2, 0) is 17.4 Å². The average Bonchev–Trinajstić information content (AvgIpc) is 2.84. The highest BCUT2D eigenvalue weighted by atomic mass is 19.4. The Bertz CT molecular complexity index is 1020. The molecule has 1 amide bonds. The lowest BCUT2D eigenvalue weighted by Gasteiger charge is -2.26. The number of carbonyl (C=O) groups is 1. The van der Waals surface area contributed by atoms with E-state index >= 15 is 0 Å². The minimum Gasteiger partial charge on any atom is -0.497 e. The van der Waals surface area contributed by atoms with Crippen molar-refractivity contribution in [2.45, 2.75) is 31.1 Å². The number of ether oxygens (including phenoxy) is 1. The molecule has 0 aliphatic carbocycles. The number of amides is 1. The number of likely N-dealkylation sites (N-methyl/N-ethyl adjacent to an activating group) is 1. The molecule has 2 atom stereocenters. The molecule has 5 nitrogen and oxygen atoms in total. The Morgan fingerprint density at radius 2 is 1.70 bits per heavy atom. The minimum atomic E-state index is -4.51. The van der Waals surface area contributed by atoms with Crippen LogP contribution in [0.15, 0.2) is 72.9 Å². The van der Waals surface area contributed by atoms with Gasteiger partial charge in [-0.2, -0.15) is 13.2 Å². The summed E-state index contributed by atoms with van der Waals surface area (Å²) >= 11 is 0. The van der Waals surface area contributed by atoms with E-state index in [0.29, 0.717) is 18.4 Å². The third-order valence-corrected chi connectivity index (χ3v) is 5.37. The highest BCUT2D eigenvalue weighted by Gasteiger charge is 2.32. The summed E-state index contributed by atoms with van der Waals surface area (Å²) in [6.45, 7) is 0. The van der Waals surface area contributed by atoms with E-state index in [9.17, 15) is 18.0 Å². The predicted molar refractivity (Wildman–Crippen MR) is 120 cm³/mol. The molecule has 0 spiro atoms. The van der Waals surface area contributed by atoms with Crippen molar-refractivity contribution in [1.29, 1.82) is 0 Å². The molecule has 33 heavy (non-hydrogen) atoms. The first-order valence-electron chi connectivity index (χ1n) is 10.5. The zero-order valence-electron chi connectivity index (χ0n) is 18.4. The Labute approximate surface area is 191 Å². The molecule has 0 unspecified atom stereocenters. The molecule has 0 saturated heterocycles. The maximum atomic E-state index is 13.0. The number of nitrogens with zero attached hydrogens (tertiary/aromatic N) is 1. The summed E-state index contributed by atoms with van der Waals surface area (Å²) in [7, 11) is 3.14. The van der Waals surface area contributed by atoms with Crippen molar-refractivity contribution in [2.24, 2.45) is 0 Å². The number of aromatic nitrogens is 1. The van der Waals surface area contributed by atoms with Crippen LogP contribution in [0.4, 0.5) is 13.2 Å². The van der Waals surface area contributed by atoms with Gasteiger partial charge in [-0.05, 0) is 47.7 Å². The van der Waals surface area contributed by atoms with Crippen molar-refractivity contribution in [2.75, 3.05) is 14.2 Å². The van der Waals surface area contributed by atoms with Crippen LogP contribution >= 0.6 is 0 Å². The average molecular weight is 457 g/mol. The Kier molecular flexibility index (Phi) is 8.06. The minimum absolute atomic E-state index is 0.240. The highest BCUT2D eigenvalue weighted by Crippen LogP contribution is 2.30. The van der Waals surface area contributed by atoms with E-state index in [0.717, 1.165) is 22.9 Å². The fourth-order valence-corrected chi connectivity index (χ4v) is 3.54. The summed E-state index contributed by atoms with van der Waals surface area (Å²) < 4.78 is 44.2. The largest absolute Gasteiger partial charge is 0.497 e. The summed E-state index contributed by atoms with van der Waals surface area (Å²) in [5.74, 6) is 0.500. The first kappa shape index (κ1) is 24.3. The van der Waals surface area contributed by atoms with Gasteiger partial charge in [-0.15, -0.1) is 0 Å². The second kappa shape index (κ2) is 11.0. The molecule has 3 aromatic rings. The molecule has 0 radical (unpaired) electrons.